The van der Waals surface area contributed by atoms with Crippen LogP contribution in [0.3, 0.4) is 0 Å². The van der Waals surface area contributed by atoms with Gasteiger partial charge in [-0.25, -0.2) is 9.59 Å². The maximum Gasteiger partial charge on any atom is 0.408 e. The van der Waals surface area contributed by atoms with Crippen LogP contribution in [0.5, 0.6) is 0 Å². The van der Waals surface area contributed by atoms with Gasteiger partial charge in [0.2, 0.25) is 5.91 Å². The molecule has 0 bridgehead atoms. The van der Waals surface area contributed by atoms with E-state index in [1.54, 1.807) is 0 Å². The van der Waals surface area contributed by atoms with Crippen LogP contribution in [-0.2, 0) is 56.1 Å². The third kappa shape index (κ3) is 6.92. The fraction of sp³-hybridized carbons (Fsp3) is 0.261. The SMILES string of the molecule is COC(=O)[C@@H](NC(=O)C1(C(=O)C2(NC(=O)OCc3ccccc3)Cc3ccccc3-c3ccccc3C2)Cc2ccccc2-c2ccccc2C1)C(C)C. The number of fused-ring (bicyclic) bond motifs is 6. The highest BCUT2D eigenvalue weighted by Gasteiger charge is 2.57. The fourth-order valence-corrected chi connectivity index (χ4v) is 8.22. The first kappa shape index (κ1) is 36.3. The van der Waals surface area contributed by atoms with Gasteiger partial charge in [-0.3, -0.25) is 9.59 Å². The first-order valence-corrected chi connectivity index (χ1v) is 18.4. The molecular weight excluding hydrogens is 677 g/mol. The van der Waals surface area contributed by atoms with Crippen LogP contribution >= 0.6 is 0 Å². The molecule has 1 atom stereocenters. The molecule has 0 saturated carbocycles. The van der Waals surface area contributed by atoms with Crippen LogP contribution < -0.4 is 10.6 Å². The first-order valence-electron chi connectivity index (χ1n) is 18.4. The van der Waals surface area contributed by atoms with Crippen molar-refractivity contribution in [1.29, 1.82) is 0 Å². The lowest BCUT2D eigenvalue weighted by Gasteiger charge is -2.42. The molecule has 0 aliphatic heterocycles. The number of hydrogen-bond acceptors (Lipinski definition) is 6. The number of methoxy groups -OCH3 is 1. The number of ether oxygens (including phenoxy) is 2. The lowest BCUT2D eigenvalue weighted by Crippen LogP contribution is -2.66. The van der Waals surface area contributed by atoms with Crippen LogP contribution in [-0.4, -0.2) is 42.4 Å². The lowest BCUT2D eigenvalue weighted by molar-refractivity contribution is -0.152. The number of carbonyl (C=O) groups is 4. The van der Waals surface area contributed by atoms with Gasteiger partial charge in [-0.05, 0) is 68.8 Å². The summed E-state index contributed by atoms with van der Waals surface area (Å²) in [6, 6.07) is 39.6. The van der Waals surface area contributed by atoms with E-state index in [1.165, 1.54) is 7.11 Å². The summed E-state index contributed by atoms with van der Waals surface area (Å²) in [5.41, 5.74) is 4.39. The molecule has 7 rings (SSSR count). The average Bonchev–Trinajstić information content (AvgIpc) is 3.44. The Bertz CT molecular complexity index is 2120. The minimum atomic E-state index is -1.79. The summed E-state index contributed by atoms with van der Waals surface area (Å²) in [5.74, 6) is -2.01. The molecule has 0 heterocycles. The highest BCUT2D eigenvalue weighted by atomic mass is 16.5. The number of hydrogen-bond donors (Lipinski definition) is 2. The Morgan fingerprint density at radius 2 is 1.04 bits per heavy atom. The summed E-state index contributed by atoms with van der Waals surface area (Å²) in [7, 11) is 1.28. The fourth-order valence-electron chi connectivity index (χ4n) is 8.22. The van der Waals surface area contributed by atoms with Gasteiger partial charge in [-0.2, -0.15) is 0 Å². The summed E-state index contributed by atoms with van der Waals surface area (Å²) in [4.78, 5) is 58.9. The molecule has 5 aromatic rings. The number of Topliss-reactive ketones (excluding diaryl/α,β-unsaturated/α-hetero) is 1. The summed E-state index contributed by atoms with van der Waals surface area (Å²) < 4.78 is 10.9. The first-order chi connectivity index (χ1) is 26.1. The molecule has 0 unspecified atom stereocenters. The van der Waals surface area contributed by atoms with E-state index in [1.807, 2.05) is 141 Å². The van der Waals surface area contributed by atoms with Gasteiger partial charge in [0.05, 0.1) is 7.11 Å². The standard InChI is InChI=1S/C46H44N2O6/c1-30(2)40(41(49)53-3)47-43(51)45(25-32-17-7-11-21-36(32)37-22-12-8-18-33(37)26-45)42(50)46(48-44(52)54-29-31-15-5-4-6-16-31)27-34-19-9-13-23-38(34)39-24-14-10-20-35(39)28-46/h4-24,30,40H,25-29H2,1-3H3,(H,47,51)(H,48,52)/t40-/m0/s1. The van der Waals surface area contributed by atoms with Gasteiger partial charge in [-0.15, -0.1) is 0 Å². The predicted octanol–water partition coefficient (Wildman–Crippen LogP) is 7.45. The van der Waals surface area contributed by atoms with Crippen molar-refractivity contribution in [1.82, 2.24) is 10.6 Å². The molecule has 2 N–H and O–H groups in total. The number of rotatable bonds is 9. The molecule has 2 aliphatic carbocycles. The maximum absolute atomic E-state index is 16.3. The molecule has 5 aromatic carbocycles. The lowest BCUT2D eigenvalue weighted by atomic mass is 9.64. The minimum absolute atomic E-state index is 0.00824. The molecule has 2 aliphatic rings. The number of esters is 1. The topological polar surface area (TPSA) is 111 Å². The quantitative estimate of drug-likeness (QED) is 0.121. The number of nitrogens with one attached hydrogen (secondary N) is 2. The average molecular weight is 721 g/mol. The van der Waals surface area contributed by atoms with Crippen molar-refractivity contribution >= 4 is 23.8 Å². The van der Waals surface area contributed by atoms with Gasteiger partial charge >= 0.3 is 12.1 Å². The summed E-state index contributed by atoms with van der Waals surface area (Å²) in [5, 5.41) is 6.08. The molecule has 8 heteroatoms. The summed E-state index contributed by atoms with van der Waals surface area (Å²) in [6.45, 7) is 3.63. The van der Waals surface area contributed by atoms with Gasteiger partial charge in [0.1, 0.15) is 23.6 Å². The van der Waals surface area contributed by atoms with Crippen molar-refractivity contribution in [3.05, 3.63) is 155 Å². The van der Waals surface area contributed by atoms with E-state index >= 15 is 9.59 Å². The molecule has 0 aromatic heterocycles. The summed E-state index contributed by atoms with van der Waals surface area (Å²) in [6.07, 6.45) is -0.524. The molecule has 0 radical (unpaired) electrons. The second-order valence-electron chi connectivity index (χ2n) is 14.7. The van der Waals surface area contributed by atoms with Crippen LogP contribution in [0.25, 0.3) is 22.3 Å². The molecule has 274 valence electrons. The zero-order valence-corrected chi connectivity index (χ0v) is 30.8. The van der Waals surface area contributed by atoms with Crippen molar-refractivity contribution in [2.45, 2.75) is 57.7 Å². The number of amides is 2. The molecule has 54 heavy (non-hydrogen) atoms. The van der Waals surface area contributed by atoms with Gasteiger partial charge < -0.3 is 20.1 Å². The number of alkyl carbamates (subject to hydrolysis) is 1. The van der Waals surface area contributed by atoms with E-state index in [9.17, 15) is 9.59 Å². The van der Waals surface area contributed by atoms with Crippen LogP contribution in [0.15, 0.2) is 127 Å². The number of benzene rings is 5. The number of ketones is 1. The Labute approximate surface area is 315 Å². The van der Waals surface area contributed by atoms with Crippen molar-refractivity contribution in [2.75, 3.05) is 7.11 Å². The zero-order valence-electron chi connectivity index (χ0n) is 30.8. The molecule has 2 amide bonds. The van der Waals surface area contributed by atoms with Gasteiger partial charge in [0, 0.05) is 12.8 Å². The van der Waals surface area contributed by atoms with E-state index < -0.39 is 40.7 Å². The largest absolute Gasteiger partial charge is 0.467 e. The predicted molar refractivity (Wildman–Crippen MR) is 207 cm³/mol. The molecule has 0 saturated heterocycles. The third-order valence-electron chi connectivity index (χ3n) is 10.9. The second kappa shape index (κ2) is 15.1. The Balaban J connectivity index is 1.43. The Morgan fingerprint density at radius 3 is 1.48 bits per heavy atom. The molecular formula is C46H44N2O6. The minimum Gasteiger partial charge on any atom is -0.467 e. The van der Waals surface area contributed by atoms with Crippen LogP contribution in [0.4, 0.5) is 4.79 Å². The van der Waals surface area contributed by atoms with Crippen molar-refractivity contribution in [3.63, 3.8) is 0 Å². The van der Waals surface area contributed by atoms with Gasteiger partial charge in [0.25, 0.3) is 0 Å². The van der Waals surface area contributed by atoms with Crippen molar-refractivity contribution in [2.24, 2.45) is 11.3 Å². The zero-order chi connectivity index (χ0) is 37.9. The van der Waals surface area contributed by atoms with E-state index in [0.29, 0.717) is 0 Å². The summed E-state index contributed by atoms with van der Waals surface area (Å²) >= 11 is 0. The smallest absolute Gasteiger partial charge is 0.408 e. The second-order valence-corrected chi connectivity index (χ2v) is 14.7. The van der Waals surface area contributed by atoms with Crippen molar-refractivity contribution in [3.8, 4) is 22.3 Å². The van der Waals surface area contributed by atoms with E-state index in [-0.39, 0.29) is 38.2 Å². The van der Waals surface area contributed by atoms with Crippen molar-refractivity contribution < 1.29 is 28.7 Å². The Kier molecular flexibility index (Phi) is 10.2. The maximum atomic E-state index is 16.3. The Hall–Kier alpha value is -6.02. The monoisotopic (exact) mass is 720 g/mol. The van der Waals surface area contributed by atoms with Crippen LogP contribution in [0.1, 0.15) is 41.7 Å². The normalized spacial score (nSPS) is 15.4. The van der Waals surface area contributed by atoms with E-state index in [0.717, 1.165) is 50.1 Å². The highest BCUT2D eigenvalue weighted by molar-refractivity contribution is 6.13. The van der Waals surface area contributed by atoms with Gasteiger partial charge in [-0.1, -0.05) is 141 Å². The molecule has 8 nitrogen and oxygen atoms in total. The number of carbonyl (C=O) groups excluding carboxylic acids is 4. The van der Waals surface area contributed by atoms with E-state index in [4.69, 9.17) is 9.47 Å². The van der Waals surface area contributed by atoms with Gasteiger partial charge in [0.15, 0.2) is 5.78 Å². The van der Waals surface area contributed by atoms with E-state index in [2.05, 4.69) is 10.6 Å². The van der Waals surface area contributed by atoms with Crippen LogP contribution in [0.2, 0.25) is 0 Å². The third-order valence-corrected chi connectivity index (χ3v) is 10.9. The molecule has 0 fully saturated rings. The Morgan fingerprint density at radius 1 is 0.611 bits per heavy atom. The van der Waals surface area contributed by atoms with Crippen LogP contribution in [0, 0.1) is 11.3 Å². The molecule has 0 spiro atoms. The highest BCUT2D eigenvalue weighted by Crippen LogP contribution is 2.46.